The van der Waals surface area contributed by atoms with Crippen LogP contribution in [-0.2, 0) is 4.79 Å². The summed E-state index contributed by atoms with van der Waals surface area (Å²) in [6, 6.07) is 0. The van der Waals surface area contributed by atoms with Crippen LogP contribution in [0.3, 0.4) is 0 Å². The van der Waals surface area contributed by atoms with Gasteiger partial charge in [0.25, 0.3) is 0 Å². The van der Waals surface area contributed by atoms with Crippen LogP contribution < -0.4 is 0 Å². The van der Waals surface area contributed by atoms with E-state index in [0.717, 1.165) is 25.4 Å². The van der Waals surface area contributed by atoms with E-state index in [1.165, 1.54) is 0 Å². The molecule has 0 aromatic rings. The SMILES string of the molecule is CC1CN(C(=O)C2CC2C)C1. The first-order chi connectivity index (χ1) is 5.18. The first-order valence-electron chi connectivity index (χ1n) is 4.47. The Labute approximate surface area is 67.6 Å². The van der Waals surface area contributed by atoms with Crippen molar-refractivity contribution in [1.29, 1.82) is 0 Å². The first kappa shape index (κ1) is 7.14. The van der Waals surface area contributed by atoms with Crippen molar-refractivity contribution < 1.29 is 4.79 Å². The van der Waals surface area contributed by atoms with Crippen molar-refractivity contribution in [2.24, 2.45) is 17.8 Å². The molecule has 0 spiro atoms. The van der Waals surface area contributed by atoms with Gasteiger partial charge in [0.05, 0.1) is 0 Å². The average molecular weight is 153 g/mol. The Kier molecular flexibility index (Phi) is 1.44. The van der Waals surface area contributed by atoms with E-state index in [0.29, 0.717) is 17.7 Å². The third kappa shape index (κ3) is 1.15. The highest BCUT2D eigenvalue weighted by molar-refractivity contribution is 5.82. The molecule has 1 saturated carbocycles. The molecular formula is C9H15NO. The lowest BCUT2D eigenvalue weighted by molar-refractivity contribution is -0.138. The molecule has 0 bridgehead atoms. The Morgan fingerprint density at radius 3 is 2.27 bits per heavy atom. The van der Waals surface area contributed by atoms with Crippen LogP contribution in [0.5, 0.6) is 0 Å². The molecule has 2 atom stereocenters. The van der Waals surface area contributed by atoms with Gasteiger partial charge in [-0.1, -0.05) is 13.8 Å². The standard InChI is InChI=1S/C9H15NO/c1-6-4-10(5-6)9(11)8-3-7(8)2/h6-8H,3-5H2,1-2H3. The molecule has 1 aliphatic carbocycles. The number of carbonyl (C=O) groups is 1. The highest BCUT2D eigenvalue weighted by Gasteiger charge is 2.43. The lowest BCUT2D eigenvalue weighted by Crippen LogP contribution is -2.49. The van der Waals surface area contributed by atoms with Crippen LogP contribution in [0.25, 0.3) is 0 Å². The van der Waals surface area contributed by atoms with Crippen molar-refractivity contribution in [2.45, 2.75) is 20.3 Å². The van der Waals surface area contributed by atoms with Crippen molar-refractivity contribution >= 4 is 5.91 Å². The predicted octanol–water partition coefficient (Wildman–Crippen LogP) is 1.12. The Morgan fingerprint density at radius 1 is 1.36 bits per heavy atom. The largest absolute Gasteiger partial charge is 0.342 e. The van der Waals surface area contributed by atoms with Gasteiger partial charge in [-0.3, -0.25) is 4.79 Å². The zero-order valence-corrected chi connectivity index (χ0v) is 7.21. The maximum absolute atomic E-state index is 11.5. The Morgan fingerprint density at radius 2 is 1.91 bits per heavy atom. The van der Waals surface area contributed by atoms with Crippen molar-refractivity contribution in [3.8, 4) is 0 Å². The second-order valence-corrected chi connectivity index (χ2v) is 4.17. The van der Waals surface area contributed by atoms with Gasteiger partial charge in [0.1, 0.15) is 0 Å². The van der Waals surface area contributed by atoms with Gasteiger partial charge in [-0.05, 0) is 18.3 Å². The third-order valence-corrected chi connectivity index (χ3v) is 2.80. The topological polar surface area (TPSA) is 20.3 Å². The van der Waals surface area contributed by atoms with Crippen LogP contribution in [0.2, 0.25) is 0 Å². The normalized spacial score (nSPS) is 36.7. The molecule has 1 amide bonds. The van der Waals surface area contributed by atoms with E-state index in [1.54, 1.807) is 0 Å². The van der Waals surface area contributed by atoms with Gasteiger partial charge in [0.2, 0.25) is 5.91 Å². The minimum absolute atomic E-state index is 0.391. The lowest BCUT2D eigenvalue weighted by atomic mass is 10.0. The zero-order valence-electron chi connectivity index (χ0n) is 7.21. The maximum atomic E-state index is 11.5. The molecule has 0 aromatic heterocycles. The molecule has 1 heterocycles. The molecule has 2 heteroatoms. The minimum Gasteiger partial charge on any atom is -0.342 e. The van der Waals surface area contributed by atoms with E-state index in [2.05, 4.69) is 13.8 Å². The van der Waals surface area contributed by atoms with Crippen LogP contribution in [0, 0.1) is 17.8 Å². The number of nitrogens with zero attached hydrogens (tertiary/aromatic N) is 1. The number of likely N-dealkylation sites (tertiary alicyclic amines) is 1. The second kappa shape index (κ2) is 2.23. The summed E-state index contributed by atoms with van der Waals surface area (Å²) in [5, 5.41) is 0. The van der Waals surface area contributed by atoms with E-state index in [9.17, 15) is 4.79 Å². The summed E-state index contributed by atoms with van der Waals surface area (Å²) in [5.74, 6) is 2.21. The van der Waals surface area contributed by atoms with E-state index in [-0.39, 0.29) is 0 Å². The molecule has 1 aliphatic heterocycles. The second-order valence-electron chi connectivity index (χ2n) is 4.17. The van der Waals surface area contributed by atoms with Gasteiger partial charge in [0.15, 0.2) is 0 Å². The monoisotopic (exact) mass is 153 g/mol. The molecule has 2 aliphatic rings. The molecular weight excluding hydrogens is 138 g/mol. The zero-order chi connectivity index (χ0) is 8.01. The van der Waals surface area contributed by atoms with Crippen LogP contribution >= 0.6 is 0 Å². The summed E-state index contributed by atoms with van der Waals surface area (Å²) < 4.78 is 0. The number of hydrogen-bond acceptors (Lipinski definition) is 1. The Hall–Kier alpha value is -0.530. The van der Waals surface area contributed by atoms with Crippen molar-refractivity contribution in [1.82, 2.24) is 4.90 Å². The summed E-state index contributed by atoms with van der Waals surface area (Å²) >= 11 is 0. The quantitative estimate of drug-likeness (QED) is 0.553. The molecule has 1 saturated heterocycles. The van der Waals surface area contributed by atoms with Crippen LogP contribution in [0.15, 0.2) is 0 Å². The van der Waals surface area contributed by atoms with E-state index >= 15 is 0 Å². The highest BCUT2D eigenvalue weighted by Crippen LogP contribution is 2.40. The number of rotatable bonds is 1. The molecule has 0 N–H and O–H groups in total. The van der Waals surface area contributed by atoms with E-state index in [4.69, 9.17) is 0 Å². The Bertz CT molecular complexity index is 184. The fourth-order valence-electron chi connectivity index (χ4n) is 1.78. The van der Waals surface area contributed by atoms with Crippen LogP contribution in [-0.4, -0.2) is 23.9 Å². The average Bonchev–Trinajstić information content (AvgIpc) is 2.58. The van der Waals surface area contributed by atoms with Gasteiger partial charge < -0.3 is 4.90 Å². The van der Waals surface area contributed by atoms with Gasteiger partial charge in [-0.15, -0.1) is 0 Å². The van der Waals surface area contributed by atoms with Crippen molar-refractivity contribution in [2.75, 3.05) is 13.1 Å². The summed E-state index contributed by atoms with van der Waals surface area (Å²) in [5.41, 5.74) is 0. The molecule has 2 rings (SSSR count). The lowest BCUT2D eigenvalue weighted by Gasteiger charge is -2.37. The van der Waals surface area contributed by atoms with Crippen molar-refractivity contribution in [3.05, 3.63) is 0 Å². The van der Waals surface area contributed by atoms with Gasteiger partial charge in [-0.2, -0.15) is 0 Å². The number of hydrogen-bond donors (Lipinski definition) is 0. The van der Waals surface area contributed by atoms with Gasteiger partial charge in [0, 0.05) is 19.0 Å². The molecule has 0 aromatic carbocycles. The fourth-order valence-corrected chi connectivity index (χ4v) is 1.78. The smallest absolute Gasteiger partial charge is 0.225 e. The molecule has 2 fully saturated rings. The van der Waals surface area contributed by atoms with Crippen LogP contribution in [0.4, 0.5) is 0 Å². The van der Waals surface area contributed by atoms with Gasteiger partial charge >= 0.3 is 0 Å². The summed E-state index contributed by atoms with van der Waals surface area (Å²) in [7, 11) is 0. The van der Waals surface area contributed by atoms with Gasteiger partial charge in [-0.25, -0.2) is 0 Å². The number of carbonyl (C=O) groups excluding carboxylic acids is 1. The summed E-state index contributed by atoms with van der Waals surface area (Å²) in [4.78, 5) is 13.5. The molecule has 2 nitrogen and oxygen atoms in total. The van der Waals surface area contributed by atoms with E-state index < -0.39 is 0 Å². The molecule has 0 radical (unpaired) electrons. The molecule has 2 unspecified atom stereocenters. The summed E-state index contributed by atoms with van der Waals surface area (Å²) in [6.45, 7) is 6.36. The third-order valence-electron chi connectivity index (χ3n) is 2.80. The Balaban J connectivity index is 1.83. The highest BCUT2D eigenvalue weighted by atomic mass is 16.2. The molecule has 62 valence electrons. The first-order valence-corrected chi connectivity index (χ1v) is 4.47. The fraction of sp³-hybridized carbons (Fsp3) is 0.889. The predicted molar refractivity (Wildman–Crippen MR) is 43.0 cm³/mol. The van der Waals surface area contributed by atoms with Crippen LogP contribution in [0.1, 0.15) is 20.3 Å². The maximum Gasteiger partial charge on any atom is 0.225 e. The van der Waals surface area contributed by atoms with Crippen molar-refractivity contribution in [3.63, 3.8) is 0 Å². The molecule has 11 heavy (non-hydrogen) atoms. The summed E-state index contributed by atoms with van der Waals surface area (Å²) in [6.07, 6.45) is 1.13. The minimum atomic E-state index is 0.391. The number of amides is 1. The van der Waals surface area contributed by atoms with E-state index in [1.807, 2.05) is 4.90 Å².